The molecule has 1 aliphatic rings. The minimum atomic E-state index is -0.790. The predicted molar refractivity (Wildman–Crippen MR) is 66.5 cm³/mol. The summed E-state index contributed by atoms with van der Waals surface area (Å²) in [6.07, 6.45) is 0. The molecule has 1 N–H and O–H groups in total. The van der Waals surface area contributed by atoms with E-state index in [0.717, 1.165) is 0 Å². The Bertz CT molecular complexity index is 487. The molecular formula is C11H12BrN3O2. The van der Waals surface area contributed by atoms with Gasteiger partial charge in [0.25, 0.3) is 5.91 Å². The fraction of sp³-hybridized carbons (Fsp3) is 0.364. The zero-order valence-electron chi connectivity index (χ0n) is 9.53. The third-order valence-electron chi connectivity index (χ3n) is 2.76. The number of imide groups is 1. The van der Waals surface area contributed by atoms with Crippen molar-refractivity contribution in [3.8, 4) is 0 Å². The van der Waals surface area contributed by atoms with Gasteiger partial charge < -0.3 is 4.90 Å². The summed E-state index contributed by atoms with van der Waals surface area (Å²) in [6, 6.07) is 5.39. The molecule has 0 bridgehead atoms. The number of nitrogens with one attached hydrogen (secondary N) is 1. The molecule has 0 radical (unpaired) electrons. The monoisotopic (exact) mass is 297 g/mol. The molecule has 0 atom stereocenters. The van der Waals surface area contributed by atoms with Gasteiger partial charge in [0.2, 0.25) is 5.91 Å². The highest BCUT2D eigenvalue weighted by atomic mass is 79.9. The Hall–Kier alpha value is -1.43. The zero-order chi connectivity index (χ0) is 12.6. The van der Waals surface area contributed by atoms with Crippen LogP contribution in [0.2, 0.25) is 0 Å². The van der Waals surface area contributed by atoms with Gasteiger partial charge in [-0.2, -0.15) is 0 Å². The normalized spacial score (nSPS) is 19.1. The number of anilines is 1. The number of carbonyl (C=O) groups is 2. The summed E-state index contributed by atoms with van der Waals surface area (Å²) in [5.74, 6) is -0.0146. The fourth-order valence-corrected chi connectivity index (χ4v) is 2.03. The van der Waals surface area contributed by atoms with E-state index < -0.39 is 5.54 Å². The second-order valence-electron chi connectivity index (χ2n) is 4.34. The van der Waals surface area contributed by atoms with E-state index in [0.29, 0.717) is 10.4 Å². The van der Waals surface area contributed by atoms with Gasteiger partial charge in [0.15, 0.2) is 0 Å². The Morgan fingerprint density at radius 3 is 2.76 bits per heavy atom. The number of rotatable bonds is 1. The Labute approximate surface area is 107 Å². The summed E-state index contributed by atoms with van der Waals surface area (Å²) in [7, 11) is 0. The Kier molecular flexibility index (Phi) is 2.91. The molecule has 0 aliphatic carbocycles. The molecule has 2 heterocycles. The predicted octanol–water partition coefficient (Wildman–Crippen LogP) is 1.09. The number of hydrogen-bond donors (Lipinski definition) is 1. The standard InChI is InChI=1S/C11H12BrN3O2/c1-11(2)10(17)14-9(16)6-15(11)8-5-3-4-7(12)13-8/h3-5H,6H2,1-2H3,(H,14,16,17). The topological polar surface area (TPSA) is 62.3 Å². The quantitative estimate of drug-likeness (QED) is 0.622. The SMILES string of the molecule is CC1(C)C(=O)NC(=O)CN1c1cccc(Br)n1. The molecule has 2 rings (SSSR count). The van der Waals surface area contributed by atoms with Gasteiger partial charge in [0.05, 0.1) is 6.54 Å². The van der Waals surface area contributed by atoms with Gasteiger partial charge in [0, 0.05) is 0 Å². The smallest absolute Gasteiger partial charge is 0.251 e. The molecule has 17 heavy (non-hydrogen) atoms. The van der Waals surface area contributed by atoms with Gasteiger partial charge in [-0.1, -0.05) is 6.07 Å². The molecule has 5 nitrogen and oxygen atoms in total. The number of hydrogen-bond acceptors (Lipinski definition) is 4. The fourth-order valence-electron chi connectivity index (χ4n) is 1.70. The summed E-state index contributed by atoms with van der Waals surface area (Å²) in [4.78, 5) is 29.2. The van der Waals surface area contributed by atoms with Crippen LogP contribution in [0.4, 0.5) is 5.82 Å². The molecule has 1 fully saturated rings. The van der Waals surface area contributed by atoms with Crippen LogP contribution in [0.15, 0.2) is 22.8 Å². The van der Waals surface area contributed by atoms with Crippen LogP contribution in [-0.2, 0) is 9.59 Å². The van der Waals surface area contributed by atoms with Crippen molar-refractivity contribution in [3.63, 3.8) is 0 Å². The maximum absolute atomic E-state index is 11.8. The van der Waals surface area contributed by atoms with E-state index in [1.807, 2.05) is 6.07 Å². The first-order chi connectivity index (χ1) is 7.91. The molecule has 0 spiro atoms. The van der Waals surface area contributed by atoms with Crippen molar-refractivity contribution in [2.24, 2.45) is 0 Å². The number of carbonyl (C=O) groups excluding carboxylic acids is 2. The molecule has 0 saturated carbocycles. The van der Waals surface area contributed by atoms with Crippen LogP contribution in [0.1, 0.15) is 13.8 Å². The maximum Gasteiger partial charge on any atom is 0.251 e. The highest BCUT2D eigenvalue weighted by Crippen LogP contribution is 2.25. The Morgan fingerprint density at radius 2 is 2.12 bits per heavy atom. The third kappa shape index (κ3) is 2.17. The summed E-state index contributed by atoms with van der Waals surface area (Å²) in [6.45, 7) is 3.65. The Morgan fingerprint density at radius 1 is 1.41 bits per heavy atom. The molecule has 1 aromatic heterocycles. The van der Waals surface area contributed by atoms with Crippen molar-refractivity contribution in [1.29, 1.82) is 0 Å². The highest BCUT2D eigenvalue weighted by Gasteiger charge is 2.41. The van der Waals surface area contributed by atoms with E-state index in [1.165, 1.54) is 0 Å². The minimum Gasteiger partial charge on any atom is -0.333 e. The number of halogens is 1. The molecule has 0 aromatic carbocycles. The molecular weight excluding hydrogens is 286 g/mol. The van der Waals surface area contributed by atoms with E-state index in [9.17, 15) is 9.59 Å². The number of amides is 2. The molecule has 1 saturated heterocycles. The zero-order valence-corrected chi connectivity index (χ0v) is 11.1. The van der Waals surface area contributed by atoms with Crippen LogP contribution >= 0.6 is 15.9 Å². The summed E-state index contributed by atoms with van der Waals surface area (Å²) >= 11 is 3.27. The second-order valence-corrected chi connectivity index (χ2v) is 5.15. The highest BCUT2D eigenvalue weighted by molar-refractivity contribution is 9.10. The molecule has 1 aromatic rings. The van der Waals surface area contributed by atoms with Crippen LogP contribution in [-0.4, -0.2) is 28.9 Å². The lowest BCUT2D eigenvalue weighted by molar-refractivity contribution is -0.135. The maximum atomic E-state index is 11.8. The van der Waals surface area contributed by atoms with Gasteiger partial charge in [-0.15, -0.1) is 0 Å². The van der Waals surface area contributed by atoms with Gasteiger partial charge in [-0.05, 0) is 41.9 Å². The van der Waals surface area contributed by atoms with Crippen molar-refractivity contribution >= 4 is 33.6 Å². The third-order valence-corrected chi connectivity index (χ3v) is 3.20. The van der Waals surface area contributed by atoms with Crippen molar-refractivity contribution in [3.05, 3.63) is 22.8 Å². The van der Waals surface area contributed by atoms with Crippen LogP contribution in [0.25, 0.3) is 0 Å². The van der Waals surface area contributed by atoms with E-state index in [-0.39, 0.29) is 18.4 Å². The number of pyridine rings is 1. The van der Waals surface area contributed by atoms with Crippen LogP contribution < -0.4 is 10.2 Å². The lowest BCUT2D eigenvalue weighted by atomic mass is 9.99. The van der Waals surface area contributed by atoms with Crippen molar-refractivity contribution in [1.82, 2.24) is 10.3 Å². The van der Waals surface area contributed by atoms with E-state index in [2.05, 4.69) is 26.2 Å². The summed E-state index contributed by atoms with van der Waals surface area (Å²) in [5, 5.41) is 2.32. The van der Waals surface area contributed by atoms with E-state index in [4.69, 9.17) is 0 Å². The molecule has 0 unspecified atom stereocenters. The average molecular weight is 298 g/mol. The Balaban J connectivity index is 2.42. The van der Waals surface area contributed by atoms with Crippen LogP contribution in [0.3, 0.4) is 0 Å². The number of aromatic nitrogens is 1. The van der Waals surface area contributed by atoms with E-state index >= 15 is 0 Å². The van der Waals surface area contributed by atoms with Gasteiger partial charge in [-0.25, -0.2) is 4.98 Å². The van der Waals surface area contributed by atoms with Gasteiger partial charge in [0.1, 0.15) is 16.0 Å². The number of nitrogens with zero attached hydrogens (tertiary/aromatic N) is 2. The molecule has 90 valence electrons. The van der Waals surface area contributed by atoms with E-state index in [1.54, 1.807) is 30.9 Å². The number of piperazine rings is 1. The molecule has 2 amide bonds. The minimum absolute atomic E-state index is 0.127. The lowest BCUT2D eigenvalue weighted by Crippen LogP contribution is -2.64. The van der Waals surface area contributed by atoms with Crippen LogP contribution in [0.5, 0.6) is 0 Å². The van der Waals surface area contributed by atoms with Crippen LogP contribution in [0, 0.1) is 0 Å². The lowest BCUT2D eigenvalue weighted by Gasteiger charge is -2.40. The average Bonchev–Trinajstić information content (AvgIpc) is 2.24. The van der Waals surface area contributed by atoms with Gasteiger partial charge >= 0.3 is 0 Å². The van der Waals surface area contributed by atoms with Gasteiger partial charge in [-0.3, -0.25) is 14.9 Å². The summed E-state index contributed by atoms with van der Waals surface area (Å²) in [5.41, 5.74) is -0.790. The first kappa shape index (κ1) is 12.0. The first-order valence-corrected chi connectivity index (χ1v) is 5.95. The second kappa shape index (κ2) is 4.10. The van der Waals surface area contributed by atoms with Crippen molar-refractivity contribution in [2.75, 3.05) is 11.4 Å². The largest absolute Gasteiger partial charge is 0.333 e. The first-order valence-electron chi connectivity index (χ1n) is 5.16. The van der Waals surface area contributed by atoms with Crippen molar-refractivity contribution in [2.45, 2.75) is 19.4 Å². The molecule has 1 aliphatic heterocycles. The van der Waals surface area contributed by atoms with Crippen molar-refractivity contribution < 1.29 is 9.59 Å². The summed E-state index contributed by atoms with van der Waals surface area (Å²) < 4.78 is 0.671. The molecule has 6 heteroatoms.